The molecular weight excluding hydrogens is 238 g/mol. The van der Waals surface area contributed by atoms with Crippen LogP contribution in [0.5, 0.6) is 5.75 Å². The van der Waals surface area contributed by atoms with Crippen molar-refractivity contribution in [1.82, 2.24) is 5.32 Å². The monoisotopic (exact) mass is 263 g/mol. The van der Waals surface area contributed by atoms with Gasteiger partial charge in [0.2, 0.25) is 0 Å². The maximum absolute atomic E-state index is 5.96. The number of nitrogens with one attached hydrogen (secondary N) is 1. The Hall–Kier alpha value is -1.06. The van der Waals surface area contributed by atoms with Gasteiger partial charge in [0.25, 0.3) is 0 Å². The molecule has 1 saturated heterocycles. The van der Waals surface area contributed by atoms with Crippen LogP contribution in [0.4, 0.5) is 0 Å². The van der Waals surface area contributed by atoms with Crippen molar-refractivity contribution in [3.05, 3.63) is 29.8 Å². The maximum Gasteiger partial charge on any atom is 0.119 e. The molecule has 1 aromatic carbocycles. The van der Waals surface area contributed by atoms with E-state index in [9.17, 15) is 0 Å². The van der Waals surface area contributed by atoms with E-state index in [-0.39, 0.29) is 5.60 Å². The smallest absolute Gasteiger partial charge is 0.119 e. The highest BCUT2D eigenvalue weighted by Gasteiger charge is 2.30. The standard InChI is InChI=1S/C16H25NO2/c1-4-18-14-7-5-6-13(10-14)11-17-12-15-8-9-16(2,3)19-15/h5-7,10,15,17H,4,8-9,11-12H2,1-3H3. The van der Waals surface area contributed by atoms with Gasteiger partial charge in [0.15, 0.2) is 0 Å². The van der Waals surface area contributed by atoms with Gasteiger partial charge in [-0.15, -0.1) is 0 Å². The second-order valence-electron chi connectivity index (χ2n) is 5.75. The average Bonchev–Trinajstić information content (AvgIpc) is 2.70. The van der Waals surface area contributed by atoms with Crippen molar-refractivity contribution in [2.24, 2.45) is 0 Å². The number of benzene rings is 1. The second-order valence-corrected chi connectivity index (χ2v) is 5.75. The minimum atomic E-state index is 0.0568. The Labute approximate surface area is 116 Å². The van der Waals surface area contributed by atoms with Gasteiger partial charge >= 0.3 is 0 Å². The Morgan fingerprint density at radius 2 is 2.26 bits per heavy atom. The first-order chi connectivity index (χ1) is 9.09. The lowest BCUT2D eigenvalue weighted by atomic mass is 10.1. The quantitative estimate of drug-likeness (QED) is 0.855. The molecule has 2 rings (SSSR count). The third kappa shape index (κ3) is 4.51. The molecule has 1 aliphatic heterocycles. The summed E-state index contributed by atoms with van der Waals surface area (Å²) in [5.74, 6) is 0.944. The summed E-state index contributed by atoms with van der Waals surface area (Å²) < 4.78 is 11.5. The second kappa shape index (κ2) is 6.40. The molecule has 0 aromatic heterocycles. The molecule has 1 fully saturated rings. The first-order valence-electron chi connectivity index (χ1n) is 7.19. The molecule has 3 nitrogen and oxygen atoms in total. The Morgan fingerprint density at radius 3 is 2.95 bits per heavy atom. The molecule has 0 radical (unpaired) electrons. The number of ether oxygens (including phenoxy) is 2. The van der Waals surface area contributed by atoms with Crippen molar-refractivity contribution >= 4 is 0 Å². The Bertz CT molecular complexity index is 403. The van der Waals surface area contributed by atoms with Crippen molar-refractivity contribution in [3.8, 4) is 5.75 Å². The minimum absolute atomic E-state index is 0.0568. The van der Waals surface area contributed by atoms with E-state index in [1.54, 1.807) is 0 Å². The summed E-state index contributed by atoms with van der Waals surface area (Å²) in [6, 6.07) is 8.25. The summed E-state index contributed by atoms with van der Waals surface area (Å²) >= 11 is 0. The van der Waals surface area contributed by atoms with E-state index in [2.05, 4.69) is 31.3 Å². The van der Waals surface area contributed by atoms with E-state index in [1.165, 1.54) is 5.56 Å². The van der Waals surface area contributed by atoms with Crippen molar-refractivity contribution in [3.63, 3.8) is 0 Å². The van der Waals surface area contributed by atoms with Gasteiger partial charge in [0, 0.05) is 13.1 Å². The molecule has 1 unspecified atom stereocenters. The van der Waals surface area contributed by atoms with Gasteiger partial charge in [0.1, 0.15) is 5.75 Å². The zero-order valence-electron chi connectivity index (χ0n) is 12.2. The van der Waals surface area contributed by atoms with Gasteiger partial charge in [-0.2, -0.15) is 0 Å². The summed E-state index contributed by atoms with van der Waals surface area (Å²) in [7, 11) is 0. The van der Waals surface area contributed by atoms with Crippen molar-refractivity contribution in [1.29, 1.82) is 0 Å². The molecule has 1 aromatic rings. The summed E-state index contributed by atoms with van der Waals surface area (Å²) in [6.45, 7) is 8.83. The largest absolute Gasteiger partial charge is 0.494 e. The fraction of sp³-hybridized carbons (Fsp3) is 0.625. The Kier molecular flexibility index (Phi) is 4.83. The molecular formula is C16H25NO2. The zero-order valence-corrected chi connectivity index (χ0v) is 12.2. The lowest BCUT2D eigenvalue weighted by molar-refractivity contribution is -0.0142. The number of hydrogen-bond acceptors (Lipinski definition) is 3. The molecule has 1 heterocycles. The molecule has 1 aliphatic rings. The van der Waals surface area contributed by atoms with Crippen LogP contribution in [0.15, 0.2) is 24.3 Å². The molecule has 0 saturated carbocycles. The fourth-order valence-corrected chi connectivity index (χ4v) is 2.51. The van der Waals surface area contributed by atoms with Gasteiger partial charge in [0.05, 0.1) is 18.3 Å². The van der Waals surface area contributed by atoms with Crippen LogP contribution in [0.2, 0.25) is 0 Å². The third-order valence-corrected chi connectivity index (χ3v) is 3.46. The highest BCUT2D eigenvalue weighted by atomic mass is 16.5. The molecule has 0 amide bonds. The van der Waals surface area contributed by atoms with E-state index in [4.69, 9.17) is 9.47 Å². The topological polar surface area (TPSA) is 30.5 Å². The van der Waals surface area contributed by atoms with Gasteiger partial charge in [-0.1, -0.05) is 12.1 Å². The van der Waals surface area contributed by atoms with Crippen LogP contribution >= 0.6 is 0 Å². The highest BCUT2D eigenvalue weighted by molar-refractivity contribution is 5.28. The SMILES string of the molecule is CCOc1cccc(CNCC2CCC(C)(C)O2)c1. The highest BCUT2D eigenvalue weighted by Crippen LogP contribution is 2.28. The molecule has 19 heavy (non-hydrogen) atoms. The van der Waals surface area contributed by atoms with Crippen LogP contribution in [0, 0.1) is 0 Å². The summed E-state index contributed by atoms with van der Waals surface area (Å²) in [5.41, 5.74) is 1.31. The van der Waals surface area contributed by atoms with Gasteiger partial charge in [-0.3, -0.25) is 0 Å². The van der Waals surface area contributed by atoms with E-state index in [1.807, 2.05) is 19.1 Å². The van der Waals surface area contributed by atoms with Gasteiger partial charge in [-0.25, -0.2) is 0 Å². The van der Waals surface area contributed by atoms with E-state index >= 15 is 0 Å². The first kappa shape index (κ1) is 14.4. The van der Waals surface area contributed by atoms with Crippen LogP contribution in [-0.4, -0.2) is 24.9 Å². The normalized spacial score (nSPS) is 21.5. The van der Waals surface area contributed by atoms with Crippen molar-refractivity contribution in [2.75, 3.05) is 13.2 Å². The molecule has 1 N–H and O–H groups in total. The van der Waals surface area contributed by atoms with Crippen LogP contribution in [-0.2, 0) is 11.3 Å². The molecule has 0 aliphatic carbocycles. The van der Waals surface area contributed by atoms with E-state index in [0.717, 1.165) is 31.7 Å². The summed E-state index contributed by atoms with van der Waals surface area (Å²) in [5, 5.41) is 3.47. The summed E-state index contributed by atoms with van der Waals surface area (Å²) in [6.07, 6.45) is 2.66. The summed E-state index contributed by atoms with van der Waals surface area (Å²) in [4.78, 5) is 0. The number of rotatable bonds is 6. The lowest BCUT2D eigenvalue weighted by Gasteiger charge is -2.19. The zero-order chi connectivity index (χ0) is 13.7. The van der Waals surface area contributed by atoms with Crippen LogP contribution in [0.3, 0.4) is 0 Å². The molecule has 106 valence electrons. The molecule has 0 spiro atoms. The fourth-order valence-electron chi connectivity index (χ4n) is 2.51. The predicted molar refractivity (Wildman–Crippen MR) is 77.5 cm³/mol. The lowest BCUT2D eigenvalue weighted by Crippen LogP contribution is -2.29. The first-order valence-corrected chi connectivity index (χ1v) is 7.19. The van der Waals surface area contributed by atoms with E-state index < -0.39 is 0 Å². The van der Waals surface area contributed by atoms with E-state index in [0.29, 0.717) is 12.7 Å². The van der Waals surface area contributed by atoms with Crippen LogP contribution in [0.1, 0.15) is 39.2 Å². The van der Waals surface area contributed by atoms with Gasteiger partial charge in [-0.05, 0) is 51.3 Å². The predicted octanol–water partition coefficient (Wildman–Crippen LogP) is 3.13. The van der Waals surface area contributed by atoms with Crippen molar-refractivity contribution < 1.29 is 9.47 Å². The molecule has 1 atom stereocenters. The maximum atomic E-state index is 5.96. The Morgan fingerprint density at radius 1 is 1.42 bits per heavy atom. The van der Waals surface area contributed by atoms with Crippen LogP contribution < -0.4 is 10.1 Å². The van der Waals surface area contributed by atoms with Crippen molar-refractivity contribution in [2.45, 2.75) is 51.9 Å². The Balaban J connectivity index is 1.75. The van der Waals surface area contributed by atoms with Crippen LogP contribution in [0.25, 0.3) is 0 Å². The minimum Gasteiger partial charge on any atom is -0.494 e. The number of hydrogen-bond donors (Lipinski definition) is 1. The molecule has 0 bridgehead atoms. The van der Waals surface area contributed by atoms with Gasteiger partial charge < -0.3 is 14.8 Å². The third-order valence-electron chi connectivity index (χ3n) is 3.46. The molecule has 3 heteroatoms. The average molecular weight is 263 g/mol.